The second-order valence-electron chi connectivity index (χ2n) is 7.48. The molecule has 0 unspecified atom stereocenters. The zero-order valence-corrected chi connectivity index (χ0v) is 20.4. The summed E-state index contributed by atoms with van der Waals surface area (Å²) in [6.07, 6.45) is 5.18. The lowest BCUT2D eigenvalue weighted by molar-refractivity contribution is 0.129. The lowest BCUT2D eigenvalue weighted by Gasteiger charge is -2.34. The molecule has 0 aliphatic carbocycles. The van der Waals surface area contributed by atoms with Crippen molar-refractivity contribution in [1.29, 1.82) is 0 Å². The molecule has 164 valence electrons. The predicted molar refractivity (Wildman–Crippen MR) is 128 cm³/mol. The Morgan fingerprint density at radius 1 is 1.17 bits per heavy atom. The van der Waals surface area contributed by atoms with Crippen molar-refractivity contribution in [3.8, 4) is 5.75 Å². The van der Waals surface area contributed by atoms with Gasteiger partial charge in [-0.05, 0) is 31.9 Å². The normalized spacial score (nSPS) is 21.7. The van der Waals surface area contributed by atoms with Crippen LogP contribution in [0.5, 0.6) is 5.75 Å². The van der Waals surface area contributed by atoms with Gasteiger partial charge in [0.1, 0.15) is 11.9 Å². The number of aliphatic imine (C=N–C) groups is 1. The van der Waals surface area contributed by atoms with Gasteiger partial charge < -0.3 is 15.0 Å². The second kappa shape index (κ2) is 11.4. The Bertz CT molecular complexity index is 752. The van der Waals surface area contributed by atoms with Crippen LogP contribution in [0.1, 0.15) is 32.6 Å². The van der Waals surface area contributed by atoms with E-state index in [-0.39, 0.29) is 36.1 Å². The van der Waals surface area contributed by atoms with Gasteiger partial charge in [0.05, 0.1) is 12.8 Å². The van der Waals surface area contributed by atoms with Gasteiger partial charge in [-0.2, -0.15) is 4.31 Å². The number of benzene rings is 1. The third-order valence-corrected chi connectivity index (χ3v) is 6.66. The minimum Gasteiger partial charge on any atom is -0.490 e. The molecule has 0 radical (unpaired) electrons. The number of nitrogens with one attached hydrogen (secondary N) is 1. The van der Waals surface area contributed by atoms with Crippen molar-refractivity contribution in [1.82, 2.24) is 14.5 Å². The van der Waals surface area contributed by atoms with Crippen molar-refractivity contribution < 1.29 is 13.2 Å². The monoisotopic (exact) mass is 536 g/mol. The van der Waals surface area contributed by atoms with Crippen LogP contribution in [0.2, 0.25) is 0 Å². The van der Waals surface area contributed by atoms with E-state index in [2.05, 4.69) is 17.1 Å². The van der Waals surface area contributed by atoms with Gasteiger partial charge in [-0.25, -0.2) is 8.42 Å². The summed E-state index contributed by atoms with van der Waals surface area (Å²) in [6, 6.07) is 9.93. The summed E-state index contributed by atoms with van der Waals surface area (Å²) in [5.74, 6) is 1.80. The highest BCUT2D eigenvalue weighted by Gasteiger charge is 2.31. The van der Waals surface area contributed by atoms with Crippen LogP contribution in [0, 0.1) is 0 Å². The Hall–Kier alpha value is -1.07. The zero-order valence-electron chi connectivity index (χ0n) is 17.3. The number of piperidine rings is 1. The predicted octanol–water partition coefficient (Wildman–Crippen LogP) is 2.54. The van der Waals surface area contributed by atoms with Gasteiger partial charge in [0.25, 0.3) is 0 Å². The van der Waals surface area contributed by atoms with Crippen LogP contribution < -0.4 is 10.1 Å². The van der Waals surface area contributed by atoms with Crippen LogP contribution >= 0.6 is 24.0 Å². The quantitative estimate of drug-likeness (QED) is 0.344. The SMILES string of the molecule is CCNC(=NC[C@H]1CCCN1S(C)(=O)=O)N1CCC(Oc2ccccc2)CC1.I. The molecule has 1 aromatic carbocycles. The third kappa shape index (κ3) is 6.99. The second-order valence-corrected chi connectivity index (χ2v) is 9.42. The van der Waals surface area contributed by atoms with E-state index in [1.807, 2.05) is 30.3 Å². The van der Waals surface area contributed by atoms with Crippen molar-refractivity contribution in [2.75, 3.05) is 39.0 Å². The first-order chi connectivity index (χ1) is 13.5. The highest BCUT2D eigenvalue weighted by Crippen LogP contribution is 2.21. The summed E-state index contributed by atoms with van der Waals surface area (Å²) < 4.78 is 31.6. The maximum atomic E-state index is 11.9. The number of guanidine groups is 1. The molecule has 2 aliphatic heterocycles. The summed E-state index contributed by atoms with van der Waals surface area (Å²) in [7, 11) is -3.16. The number of hydrogen-bond donors (Lipinski definition) is 1. The van der Waals surface area contributed by atoms with Gasteiger partial charge in [0, 0.05) is 45.1 Å². The van der Waals surface area contributed by atoms with Gasteiger partial charge in [-0.1, -0.05) is 18.2 Å². The van der Waals surface area contributed by atoms with Crippen molar-refractivity contribution in [3.63, 3.8) is 0 Å². The molecule has 1 aromatic rings. The standard InChI is InChI=1S/C20H32N4O3S.HI/c1-3-21-20(22-16-17-8-7-13-24(17)28(2,25)26)23-14-11-19(12-15-23)27-18-9-5-4-6-10-18;/h4-6,9-10,17,19H,3,7-8,11-16H2,1-2H3,(H,21,22);1H/t17-;/m1./s1. The largest absolute Gasteiger partial charge is 0.490 e. The molecule has 3 rings (SSSR count). The van der Waals surface area contributed by atoms with E-state index in [1.165, 1.54) is 6.26 Å². The van der Waals surface area contributed by atoms with Crippen LogP contribution in [0.4, 0.5) is 0 Å². The third-order valence-electron chi connectivity index (χ3n) is 5.32. The van der Waals surface area contributed by atoms with E-state index in [9.17, 15) is 8.42 Å². The number of sulfonamides is 1. The lowest BCUT2D eigenvalue weighted by Crippen LogP contribution is -2.48. The molecule has 7 nitrogen and oxygen atoms in total. The first kappa shape index (κ1) is 24.2. The van der Waals surface area contributed by atoms with Crippen molar-refractivity contribution in [2.45, 2.75) is 44.8 Å². The van der Waals surface area contributed by atoms with Crippen molar-refractivity contribution >= 4 is 40.0 Å². The highest BCUT2D eigenvalue weighted by molar-refractivity contribution is 14.0. The summed E-state index contributed by atoms with van der Waals surface area (Å²) in [6.45, 7) is 5.72. The number of hydrogen-bond acceptors (Lipinski definition) is 4. The Balaban J connectivity index is 0.00000300. The van der Waals surface area contributed by atoms with Gasteiger partial charge in [0.15, 0.2) is 5.96 Å². The van der Waals surface area contributed by atoms with E-state index in [1.54, 1.807) is 4.31 Å². The molecule has 0 aromatic heterocycles. The fourth-order valence-electron chi connectivity index (χ4n) is 3.92. The lowest BCUT2D eigenvalue weighted by atomic mass is 10.1. The van der Waals surface area contributed by atoms with Crippen LogP contribution in [-0.2, 0) is 10.0 Å². The Morgan fingerprint density at radius 2 is 1.86 bits per heavy atom. The fraction of sp³-hybridized carbons (Fsp3) is 0.650. The number of ether oxygens (including phenoxy) is 1. The summed E-state index contributed by atoms with van der Waals surface area (Å²) in [4.78, 5) is 7.03. The molecule has 2 aliphatic rings. The molecule has 0 bridgehead atoms. The first-order valence-corrected chi connectivity index (χ1v) is 12.0. The number of halogens is 1. The number of nitrogens with zero attached hydrogens (tertiary/aromatic N) is 3. The maximum absolute atomic E-state index is 11.9. The average Bonchev–Trinajstić information content (AvgIpc) is 3.16. The molecular weight excluding hydrogens is 503 g/mol. The molecule has 2 fully saturated rings. The molecule has 0 spiro atoms. The molecule has 2 saturated heterocycles. The van der Waals surface area contributed by atoms with Crippen LogP contribution in [-0.4, -0.2) is 74.7 Å². The Labute approximate surface area is 192 Å². The van der Waals surface area contributed by atoms with E-state index >= 15 is 0 Å². The van der Waals surface area contributed by atoms with Gasteiger partial charge in [-0.15, -0.1) is 24.0 Å². The molecular formula is C20H33IN4O3S. The van der Waals surface area contributed by atoms with E-state index < -0.39 is 10.0 Å². The fourth-order valence-corrected chi connectivity index (χ4v) is 5.10. The van der Waals surface area contributed by atoms with Gasteiger partial charge in [0.2, 0.25) is 10.0 Å². The van der Waals surface area contributed by atoms with E-state index in [0.29, 0.717) is 13.1 Å². The maximum Gasteiger partial charge on any atom is 0.211 e. The van der Waals surface area contributed by atoms with E-state index in [4.69, 9.17) is 9.73 Å². The molecule has 2 heterocycles. The van der Waals surface area contributed by atoms with Crippen molar-refractivity contribution in [3.05, 3.63) is 30.3 Å². The highest BCUT2D eigenvalue weighted by atomic mass is 127. The van der Waals surface area contributed by atoms with Crippen LogP contribution in [0.15, 0.2) is 35.3 Å². The molecule has 9 heteroatoms. The first-order valence-electron chi connectivity index (χ1n) is 10.2. The molecule has 1 N–H and O–H groups in total. The van der Waals surface area contributed by atoms with Crippen molar-refractivity contribution in [2.24, 2.45) is 4.99 Å². The number of likely N-dealkylation sites (tertiary alicyclic amines) is 1. The molecule has 1 atom stereocenters. The minimum atomic E-state index is -3.16. The molecule has 29 heavy (non-hydrogen) atoms. The minimum absolute atomic E-state index is 0. The van der Waals surface area contributed by atoms with Crippen LogP contribution in [0.3, 0.4) is 0 Å². The molecule has 0 saturated carbocycles. The summed E-state index contributed by atoms with van der Waals surface area (Å²) in [5, 5.41) is 3.36. The summed E-state index contributed by atoms with van der Waals surface area (Å²) in [5.41, 5.74) is 0. The Kier molecular flexibility index (Phi) is 9.48. The van der Waals surface area contributed by atoms with Crippen LogP contribution in [0.25, 0.3) is 0 Å². The molecule has 0 amide bonds. The summed E-state index contributed by atoms with van der Waals surface area (Å²) >= 11 is 0. The Morgan fingerprint density at radius 3 is 2.48 bits per heavy atom. The zero-order chi connectivity index (χ0) is 20.0. The number of para-hydroxylation sites is 1. The smallest absolute Gasteiger partial charge is 0.211 e. The van der Waals surface area contributed by atoms with Gasteiger partial charge in [-0.3, -0.25) is 4.99 Å². The van der Waals surface area contributed by atoms with Gasteiger partial charge >= 0.3 is 0 Å². The topological polar surface area (TPSA) is 74.2 Å². The number of rotatable bonds is 6. The average molecular weight is 536 g/mol. The van der Waals surface area contributed by atoms with E-state index in [0.717, 1.165) is 57.0 Å².